The smallest absolute Gasteiger partial charge is 0.107 e. The molecule has 0 aromatic rings. The molecular weight excluding hydrogens is 186 g/mol. The summed E-state index contributed by atoms with van der Waals surface area (Å²) in [6, 6.07) is 0. The maximum atomic E-state index is 5.17. The van der Waals surface area contributed by atoms with E-state index in [4.69, 9.17) is 26.5 Å². The van der Waals surface area contributed by atoms with Crippen LogP contribution in [0.4, 0.5) is 0 Å². The minimum atomic E-state index is 0.327. The first kappa shape index (κ1) is 13.4. The fraction of sp³-hybridized carbons (Fsp3) is 0.778. The molecule has 0 saturated heterocycles. The third-order valence-corrected chi connectivity index (χ3v) is 1.27. The highest BCUT2D eigenvalue weighted by Crippen LogP contribution is 1.80. The van der Waals surface area contributed by atoms with E-state index in [2.05, 4.69) is 10.8 Å². The molecule has 0 aliphatic carbocycles. The first-order valence-corrected chi connectivity index (χ1v) is 4.40. The van der Waals surface area contributed by atoms with Crippen molar-refractivity contribution >= 4 is 0 Å². The van der Waals surface area contributed by atoms with Crippen molar-refractivity contribution in [3.05, 3.63) is 0 Å². The van der Waals surface area contributed by atoms with Crippen molar-refractivity contribution in [3.63, 3.8) is 0 Å². The Labute approximate surface area is 84.4 Å². The lowest BCUT2D eigenvalue weighted by atomic mass is 10.7. The van der Waals surface area contributed by atoms with Gasteiger partial charge in [-0.3, -0.25) is 0 Å². The zero-order valence-electron chi connectivity index (χ0n) is 8.24. The fourth-order valence-corrected chi connectivity index (χ4v) is 0.678. The molecule has 0 saturated carbocycles. The lowest BCUT2D eigenvalue weighted by Gasteiger charge is -2.04. The number of rotatable bonds is 10. The number of hydrogen-bond acceptors (Lipinski definition) is 5. The van der Waals surface area contributed by atoms with E-state index < -0.39 is 0 Å². The summed E-state index contributed by atoms with van der Waals surface area (Å²) in [6.45, 7) is 3.30. The molecule has 0 bridgehead atoms. The SMILES string of the molecule is C#CCOCCOCCOCCON. The van der Waals surface area contributed by atoms with Crippen molar-refractivity contribution in [1.29, 1.82) is 0 Å². The molecule has 5 nitrogen and oxygen atoms in total. The highest BCUT2D eigenvalue weighted by atomic mass is 16.6. The van der Waals surface area contributed by atoms with Gasteiger partial charge in [-0.05, 0) is 0 Å². The van der Waals surface area contributed by atoms with Crippen molar-refractivity contribution in [1.82, 2.24) is 0 Å². The largest absolute Gasteiger partial charge is 0.377 e. The Hall–Kier alpha value is -0.640. The van der Waals surface area contributed by atoms with Crippen LogP contribution in [0, 0.1) is 12.3 Å². The van der Waals surface area contributed by atoms with E-state index in [9.17, 15) is 0 Å². The Bertz CT molecular complexity index is 146. The van der Waals surface area contributed by atoms with Gasteiger partial charge < -0.3 is 19.0 Å². The average molecular weight is 203 g/mol. The summed E-state index contributed by atoms with van der Waals surface area (Å²) in [5.74, 6) is 7.16. The Morgan fingerprint density at radius 2 is 1.36 bits per heavy atom. The van der Waals surface area contributed by atoms with E-state index in [0.29, 0.717) is 46.2 Å². The summed E-state index contributed by atoms with van der Waals surface area (Å²) in [5, 5.41) is 0. The van der Waals surface area contributed by atoms with Crippen LogP contribution in [-0.2, 0) is 19.0 Å². The van der Waals surface area contributed by atoms with Gasteiger partial charge in [0.25, 0.3) is 0 Å². The molecule has 82 valence electrons. The molecule has 0 spiro atoms. The van der Waals surface area contributed by atoms with Gasteiger partial charge in [-0.25, -0.2) is 5.90 Å². The predicted molar refractivity (Wildman–Crippen MR) is 51.4 cm³/mol. The van der Waals surface area contributed by atoms with E-state index >= 15 is 0 Å². The van der Waals surface area contributed by atoms with Crippen molar-refractivity contribution in [2.24, 2.45) is 5.90 Å². The van der Waals surface area contributed by atoms with E-state index in [-0.39, 0.29) is 0 Å². The van der Waals surface area contributed by atoms with Crippen molar-refractivity contribution in [3.8, 4) is 12.3 Å². The molecule has 0 unspecified atom stereocenters. The van der Waals surface area contributed by atoms with E-state index in [1.165, 1.54) is 0 Å². The zero-order chi connectivity index (χ0) is 10.5. The molecule has 14 heavy (non-hydrogen) atoms. The summed E-state index contributed by atoms with van der Waals surface area (Å²) in [5.41, 5.74) is 0. The van der Waals surface area contributed by atoms with Gasteiger partial charge in [0.1, 0.15) is 6.61 Å². The highest BCUT2D eigenvalue weighted by molar-refractivity contribution is 4.82. The van der Waals surface area contributed by atoms with Crippen LogP contribution < -0.4 is 5.90 Å². The molecule has 0 rings (SSSR count). The first-order chi connectivity index (χ1) is 6.91. The van der Waals surface area contributed by atoms with Crippen LogP contribution in [0.5, 0.6) is 0 Å². The highest BCUT2D eigenvalue weighted by Gasteiger charge is 1.90. The summed E-state index contributed by atoms with van der Waals surface area (Å²) in [4.78, 5) is 4.31. The molecule has 0 aliphatic heterocycles. The lowest BCUT2D eigenvalue weighted by Crippen LogP contribution is -2.13. The van der Waals surface area contributed by atoms with Crippen molar-refractivity contribution in [2.75, 3.05) is 46.2 Å². The number of terminal acetylenes is 1. The third kappa shape index (κ3) is 11.4. The summed E-state index contributed by atoms with van der Waals surface area (Å²) >= 11 is 0. The average Bonchev–Trinajstić information content (AvgIpc) is 2.21. The van der Waals surface area contributed by atoms with Crippen molar-refractivity contribution < 1.29 is 19.0 Å². The molecule has 0 fully saturated rings. The second-order valence-corrected chi connectivity index (χ2v) is 2.35. The molecule has 0 heterocycles. The zero-order valence-corrected chi connectivity index (χ0v) is 8.24. The second-order valence-electron chi connectivity index (χ2n) is 2.35. The maximum absolute atomic E-state index is 5.17. The van der Waals surface area contributed by atoms with Crippen LogP contribution >= 0.6 is 0 Å². The Morgan fingerprint density at radius 3 is 1.86 bits per heavy atom. The third-order valence-electron chi connectivity index (χ3n) is 1.27. The van der Waals surface area contributed by atoms with Gasteiger partial charge >= 0.3 is 0 Å². The molecule has 0 amide bonds. The summed E-state index contributed by atoms with van der Waals surface area (Å²) < 4.78 is 15.3. The lowest BCUT2D eigenvalue weighted by molar-refractivity contribution is 0.00107. The molecule has 0 aromatic carbocycles. The maximum Gasteiger partial charge on any atom is 0.107 e. The predicted octanol–water partition coefficient (Wildman–Crippen LogP) is -0.440. The quantitative estimate of drug-likeness (QED) is 0.296. The molecular formula is C9H17NO4. The van der Waals surface area contributed by atoms with Gasteiger partial charge in [0.15, 0.2) is 0 Å². The Morgan fingerprint density at radius 1 is 0.857 bits per heavy atom. The van der Waals surface area contributed by atoms with Gasteiger partial charge in [0.05, 0.1) is 39.6 Å². The molecule has 0 aromatic heterocycles. The van der Waals surface area contributed by atoms with Crippen LogP contribution in [0.2, 0.25) is 0 Å². The molecule has 0 radical (unpaired) electrons. The van der Waals surface area contributed by atoms with Crippen molar-refractivity contribution in [2.45, 2.75) is 0 Å². The van der Waals surface area contributed by atoms with E-state index in [1.807, 2.05) is 0 Å². The van der Waals surface area contributed by atoms with Gasteiger partial charge in [0.2, 0.25) is 0 Å². The van der Waals surface area contributed by atoms with Gasteiger partial charge in [-0.1, -0.05) is 5.92 Å². The van der Waals surface area contributed by atoms with Crippen LogP contribution in [0.3, 0.4) is 0 Å². The molecule has 0 atom stereocenters. The number of hydrogen-bond donors (Lipinski definition) is 1. The number of ether oxygens (including phenoxy) is 3. The van der Waals surface area contributed by atoms with Crippen LogP contribution in [0.15, 0.2) is 0 Å². The Kier molecular flexibility index (Phi) is 11.8. The van der Waals surface area contributed by atoms with Gasteiger partial charge in [-0.2, -0.15) is 0 Å². The minimum absolute atomic E-state index is 0.327. The monoisotopic (exact) mass is 203 g/mol. The summed E-state index contributed by atoms with van der Waals surface area (Å²) in [7, 11) is 0. The fourth-order valence-electron chi connectivity index (χ4n) is 0.678. The first-order valence-electron chi connectivity index (χ1n) is 4.40. The van der Waals surface area contributed by atoms with Crippen LogP contribution in [0.25, 0.3) is 0 Å². The number of nitrogens with two attached hydrogens (primary N) is 1. The van der Waals surface area contributed by atoms with Crippen LogP contribution in [-0.4, -0.2) is 46.2 Å². The minimum Gasteiger partial charge on any atom is -0.377 e. The molecule has 2 N–H and O–H groups in total. The van der Waals surface area contributed by atoms with Gasteiger partial charge in [-0.15, -0.1) is 6.42 Å². The normalized spacial score (nSPS) is 10.0. The Balaban J connectivity index is 2.82. The van der Waals surface area contributed by atoms with E-state index in [0.717, 1.165) is 0 Å². The standard InChI is InChI=1S/C9H17NO4/c1-2-3-11-4-5-12-6-7-13-8-9-14-10/h1H,3-10H2. The van der Waals surface area contributed by atoms with Crippen LogP contribution in [0.1, 0.15) is 0 Å². The summed E-state index contributed by atoms with van der Waals surface area (Å²) in [6.07, 6.45) is 4.98. The topological polar surface area (TPSA) is 62.9 Å². The van der Waals surface area contributed by atoms with E-state index in [1.54, 1.807) is 0 Å². The second kappa shape index (κ2) is 12.4. The molecule has 0 aliphatic rings. The van der Waals surface area contributed by atoms with Gasteiger partial charge in [0, 0.05) is 0 Å². The molecule has 5 heteroatoms.